The van der Waals surface area contributed by atoms with E-state index in [4.69, 9.17) is 0 Å². The summed E-state index contributed by atoms with van der Waals surface area (Å²) >= 11 is 0. The smallest absolute Gasteiger partial charge is 0.194 e. The molecule has 152 valence electrons. The highest BCUT2D eigenvalue weighted by atomic mass is 127. The molecule has 0 radical (unpaired) electrons. The van der Waals surface area contributed by atoms with Crippen molar-refractivity contribution in [3.05, 3.63) is 60.0 Å². The van der Waals surface area contributed by atoms with Gasteiger partial charge in [-0.2, -0.15) is 0 Å². The molecule has 8 heteroatoms. The van der Waals surface area contributed by atoms with E-state index in [1.807, 2.05) is 31.3 Å². The molecule has 1 aromatic carbocycles. The molecule has 1 atom stereocenters. The fourth-order valence-corrected chi connectivity index (χ4v) is 3.08. The van der Waals surface area contributed by atoms with Crippen molar-refractivity contribution < 1.29 is 9.50 Å². The minimum absolute atomic E-state index is 0. The molecule has 1 unspecified atom stereocenters. The minimum atomic E-state index is -0.755. The van der Waals surface area contributed by atoms with E-state index in [9.17, 15) is 9.50 Å². The molecular weight excluding hydrogens is 472 g/mol. The number of aliphatic hydroxyl groups excluding tert-OH is 1. The molecule has 2 heterocycles. The first kappa shape index (κ1) is 22.4. The van der Waals surface area contributed by atoms with Crippen molar-refractivity contribution in [1.29, 1.82) is 0 Å². The third-order valence-corrected chi connectivity index (χ3v) is 4.56. The first-order chi connectivity index (χ1) is 13.2. The van der Waals surface area contributed by atoms with Crippen LogP contribution in [-0.2, 0) is 0 Å². The van der Waals surface area contributed by atoms with Gasteiger partial charge in [0.25, 0.3) is 0 Å². The van der Waals surface area contributed by atoms with E-state index in [1.165, 1.54) is 12.1 Å². The van der Waals surface area contributed by atoms with Crippen LogP contribution >= 0.6 is 24.0 Å². The molecule has 3 rings (SSSR count). The number of anilines is 1. The fraction of sp³-hybridized carbons (Fsp3) is 0.400. The van der Waals surface area contributed by atoms with E-state index in [0.717, 1.165) is 44.5 Å². The zero-order valence-electron chi connectivity index (χ0n) is 16.0. The van der Waals surface area contributed by atoms with Crippen LogP contribution in [0.3, 0.4) is 0 Å². The Kier molecular flexibility index (Phi) is 8.91. The summed E-state index contributed by atoms with van der Waals surface area (Å²) in [6.07, 6.45) is 1.05. The van der Waals surface area contributed by atoms with Crippen LogP contribution in [0.25, 0.3) is 0 Å². The minimum Gasteiger partial charge on any atom is -0.386 e. The first-order valence-corrected chi connectivity index (χ1v) is 9.30. The number of aliphatic imine (C=N–C) groups is 1. The summed E-state index contributed by atoms with van der Waals surface area (Å²) in [4.78, 5) is 13.4. The average Bonchev–Trinajstić information content (AvgIpc) is 2.72. The van der Waals surface area contributed by atoms with Gasteiger partial charge in [-0.05, 0) is 36.8 Å². The number of pyridine rings is 1. The Morgan fingerprint density at radius 3 is 2.50 bits per heavy atom. The van der Waals surface area contributed by atoms with Crippen LogP contribution in [0.4, 0.5) is 10.2 Å². The lowest BCUT2D eigenvalue weighted by atomic mass is 10.1. The van der Waals surface area contributed by atoms with Crippen molar-refractivity contribution in [3.63, 3.8) is 0 Å². The van der Waals surface area contributed by atoms with Gasteiger partial charge in [-0.15, -0.1) is 24.0 Å². The topological polar surface area (TPSA) is 64.0 Å². The number of hydrogen-bond acceptors (Lipinski definition) is 4. The van der Waals surface area contributed by atoms with Crippen LogP contribution in [0.2, 0.25) is 0 Å². The zero-order valence-corrected chi connectivity index (χ0v) is 18.3. The van der Waals surface area contributed by atoms with E-state index in [-0.39, 0.29) is 36.3 Å². The van der Waals surface area contributed by atoms with Gasteiger partial charge in [0.2, 0.25) is 0 Å². The Labute approximate surface area is 182 Å². The number of nitrogens with zero attached hydrogens (tertiary/aromatic N) is 4. The number of aliphatic hydroxyl groups is 1. The Morgan fingerprint density at radius 1 is 1.18 bits per heavy atom. The van der Waals surface area contributed by atoms with Crippen molar-refractivity contribution in [3.8, 4) is 0 Å². The number of guanidine groups is 1. The van der Waals surface area contributed by atoms with Crippen LogP contribution in [0, 0.1) is 5.82 Å². The Hall–Kier alpha value is -1.94. The summed E-state index contributed by atoms with van der Waals surface area (Å²) in [6, 6.07) is 11.8. The molecule has 1 aliphatic heterocycles. The lowest BCUT2D eigenvalue weighted by Crippen LogP contribution is -2.52. The molecule has 0 spiro atoms. The number of benzene rings is 1. The second kappa shape index (κ2) is 11.2. The standard InChI is InChI=1S/C20H26FN5O.HI/c1-2-22-20(24-15-18(27)16-6-8-17(21)9-7-16)26-13-11-25(12-14-26)19-5-3-4-10-23-19;/h3-10,18,27H,2,11-15H2,1H3,(H,22,24);1H. The van der Waals surface area contributed by atoms with Gasteiger partial charge in [-0.25, -0.2) is 9.37 Å². The Balaban J connectivity index is 0.00000280. The van der Waals surface area contributed by atoms with Crippen molar-refractivity contribution in [2.24, 2.45) is 4.99 Å². The molecule has 0 bridgehead atoms. The van der Waals surface area contributed by atoms with Gasteiger partial charge in [0.1, 0.15) is 11.6 Å². The van der Waals surface area contributed by atoms with Gasteiger partial charge < -0.3 is 20.2 Å². The highest BCUT2D eigenvalue weighted by Crippen LogP contribution is 2.15. The number of rotatable bonds is 5. The quantitative estimate of drug-likeness (QED) is 0.377. The van der Waals surface area contributed by atoms with Gasteiger partial charge >= 0.3 is 0 Å². The highest BCUT2D eigenvalue weighted by Gasteiger charge is 2.20. The second-order valence-electron chi connectivity index (χ2n) is 6.42. The molecule has 0 saturated carbocycles. The molecule has 0 aliphatic carbocycles. The van der Waals surface area contributed by atoms with Crippen LogP contribution in [0.15, 0.2) is 53.7 Å². The molecule has 1 fully saturated rings. The lowest BCUT2D eigenvalue weighted by molar-refractivity contribution is 0.186. The molecule has 28 heavy (non-hydrogen) atoms. The Morgan fingerprint density at radius 2 is 1.89 bits per heavy atom. The average molecular weight is 499 g/mol. The normalized spacial score (nSPS) is 15.8. The monoisotopic (exact) mass is 499 g/mol. The molecular formula is C20H27FIN5O. The van der Waals surface area contributed by atoms with Crippen molar-refractivity contribution >= 4 is 35.8 Å². The van der Waals surface area contributed by atoms with Gasteiger partial charge in [0.15, 0.2) is 5.96 Å². The van der Waals surface area contributed by atoms with E-state index in [1.54, 1.807) is 12.1 Å². The van der Waals surface area contributed by atoms with Crippen LogP contribution in [-0.4, -0.2) is 60.2 Å². The van der Waals surface area contributed by atoms with Crippen molar-refractivity contribution in [1.82, 2.24) is 15.2 Å². The lowest BCUT2D eigenvalue weighted by Gasteiger charge is -2.37. The maximum atomic E-state index is 13.0. The number of hydrogen-bond donors (Lipinski definition) is 2. The fourth-order valence-electron chi connectivity index (χ4n) is 3.08. The molecule has 2 aromatic rings. The molecule has 0 amide bonds. The second-order valence-corrected chi connectivity index (χ2v) is 6.42. The van der Waals surface area contributed by atoms with Gasteiger partial charge in [0.05, 0.1) is 12.6 Å². The van der Waals surface area contributed by atoms with E-state index >= 15 is 0 Å². The molecule has 1 aliphatic rings. The highest BCUT2D eigenvalue weighted by molar-refractivity contribution is 14.0. The van der Waals surface area contributed by atoms with Gasteiger partial charge in [-0.3, -0.25) is 4.99 Å². The van der Waals surface area contributed by atoms with E-state index in [2.05, 4.69) is 25.1 Å². The molecule has 6 nitrogen and oxygen atoms in total. The summed E-state index contributed by atoms with van der Waals surface area (Å²) in [5.41, 5.74) is 0.663. The SMILES string of the molecule is CCNC(=NCC(O)c1ccc(F)cc1)N1CCN(c2ccccn2)CC1.I. The summed E-state index contributed by atoms with van der Waals surface area (Å²) in [7, 11) is 0. The van der Waals surface area contributed by atoms with E-state index < -0.39 is 6.10 Å². The third kappa shape index (κ3) is 6.03. The summed E-state index contributed by atoms with van der Waals surface area (Å²) in [5.74, 6) is 1.47. The largest absolute Gasteiger partial charge is 0.386 e. The van der Waals surface area contributed by atoms with Crippen LogP contribution in [0.5, 0.6) is 0 Å². The molecule has 1 aromatic heterocycles. The summed E-state index contributed by atoms with van der Waals surface area (Å²) in [5, 5.41) is 13.6. The number of aromatic nitrogens is 1. The van der Waals surface area contributed by atoms with Gasteiger partial charge in [0, 0.05) is 38.9 Å². The number of piperazine rings is 1. The summed E-state index contributed by atoms with van der Waals surface area (Å²) < 4.78 is 13.0. The predicted octanol–water partition coefficient (Wildman–Crippen LogP) is 2.66. The van der Waals surface area contributed by atoms with Crippen LogP contribution in [0.1, 0.15) is 18.6 Å². The van der Waals surface area contributed by atoms with E-state index in [0.29, 0.717) is 5.56 Å². The van der Waals surface area contributed by atoms with Crippen LogP contribution < -0.4 is 10.2 Å². The Bertz CT molecular complexity index is 736. The van der Waals surface area contributed by atoms with Gasteiger partial charge in [-0.1, -0.05) is 18.2 Å². The molecule has 2 N–H and O–H groups in total. The number of nitrogens with one attached hydrogen (secondary N) is 1. The predicted molar refractivity (Wildman–Crippen MR) is 121 cm³/mol. The van der Waals surface area contributed by atoms with Crippen molar-refractivity contribution in [2.75, 3.05) is 44.2 Å². The maximum absolute atomic E-state index is 13.0. The maximum Gasteiger partial charge on any atom is 0.194 e. The third-order valence-electron chi connectivity index (χ3n) is 4.56. The first-order valence-electron chi connectivity index (χ1n) is 9.30. The number of halogens is 2. The van der Waals surface area contributed by atoms with Crippen molar-refractivity contribution in [2.45, 2.75) is 13.0 Å². The zero-order chi connectivity index (χ0) is 19.1. The summed E-state index contributed by atoms with van der Waals surface area (Å²) in [6.45, 7) is 6.39. The molecule has 1 saturated heterocycles.